The number of benzene rings is 8. The van der Waals surface area contributed by atoms with Crippen LogP contribution in [0.25, 0.3) is 32.7 Å². The maximum absolute atomic E-state index is 7.47. The number of likely N-dealkylation sites (tertiary alicyclic amines) is 1. The first kappa shape index (κ1) is 35.3. The number of hydrogen-bond donors (Lipinski definition) is 0. The first-order chi connectivity index (χ1) is 28.5. The number of nitrogens with zero attached hydrogens (tertiary/aromatic N) is 1. The summed E-state index contributed by atoms with van der Waals surface area (Å²) in [5, 5.41) is 5.16. The Morgan fingerprint density at radius 1 is 0.431 bits per heavy atom. The quantitative estimate of drug-likeness (QED) is 0.175. The first-order valence-electron chi connectivity index (χ1n) is 20.8. The van der Waals surface area contributed by atoms with Crippen LogP contribution in [0.1, 0.15) is 53.3 Å². The maximum Gasteiger partial charge on any atom is 0.163 e. The van der Waals surface area contributed by atoms with E-state index in [1.807, 2.05) is 0 Å². The molecule has 284 valence electrons. The minimum Gasteiger partial charge on any atom is -0.343 e. The normalized spacial score (nSPS) is 21.8. The predicted octanol–water partition coefficient (Wildman–Crippen LogP) is 12.1. The number of rotatable bonds is 5. The third kappa shape index (κ3) is 5.38. The highest BCUT2D eigenvalue weighted by atomic mass is 16.8. The second kappa shape index (κ2) is 13.6. The van der Waals surface area contributed by atoms with Crippen molar-refractivity contribution in [2.75, 3.05) is 13.1 Å². The van der Waals surface area contributed by atoms with Gasteiger partial charge in [0.25, 0.3) is 0 Å². The SMILES string of the molecule is CC1(C)O[C@@H]2[C@@H](O1)C(c1ccccc1)(c1ccccc1)CN(C1Cc3ccc4ccccc4c3-c3c1ccc1ccccc31)CC2(c1ccccc1)c1ccccc1. The van der Waals surface area contributed by atoms with Crippen LogP contribution in [-0.4, -0.2) is 36.0 Å². The summed E-state index contributed by atoms with van der Waals surface area (Å²) in [7, 11) is 0. The molecule has 0 amide bonds. The zero-order valence-corrected chi connectivity index (χ0v) is 33.1. The lowest BCUT2D eigenvalue weighted by Gasteiger charge is -2.45. The van der Waals surface area contributed by atoms with Crippen LogP contribution in [0.5, 0.6) is 0 Å². The molecule has 11 rings (SSSR count). The molecule has 3 heteroatoms. The van der Waals surface area contributed by atoms with Crippen LogP contribution < -0.4 is 0 Å². The smallest absolute Gasteiger partial charge is 0.163 e. The highest BCUT2D eigenvalue weighted by molar-refractivity contribution is 6.08. The van der Waals surface area contributed by atoms with Crippen molar-refractivity contribution in [2.45, 2.75) is 55.1 Å². The van der Waals surface area contributed by atoms with Gasteiger partial charge in [0, 0.05) is 19.1 Å². The molecule has 2 saturated heterocycles. The van der Waals surface area contributed by atoms with Crippen molar-refractivity contribution < 1.29 is 9.47 Å². The van der Waals surface area contributed by atoms with E-state index < -0.39 is 16.6 Å². The van der Waals surface area contributed by atoms with Crippen LogP contribution >= 0.6 is 0 Å². The lowest BCUT2D eigenvalue weighted by molar-refractivity contribution is -0.159. The molecule has 0 saturated carbocycles. The van der Waals surface area contributed by atoms with Gasteiger partial charge in [-0.3, -0.25) is 4.90 Å². The van der Waals surface area contributed by atoms with Gasteiger partial charge in [-0.05, 0) is 86.3 Å². The average Bonchev–Trinajstić information content (AvgIpc) is 3.56. The molecule has 0 N–H and O–H groups in total. The fourth-order valence-corrected chi connectivity index (χ4v) is 11.1. The van der Waals surface area contributed by atoms with E-state index in [1.54, 1.807) is 0 Å². The van der Waals surface area contributed by atoms with Crippen LogP contribution in [0.15, 0.2) is 194 Å². The second-order valence-electron chi connectivity index (χ2n) is 17.1. The van der Waals surface area contributed by atoms with Crippen LogP contribution in [0.4, 0.5) is 0 Å². The van der Waals surface area contributed by atoms with Gasteiger partial charge in [-0.15, -0.1) is 0 Å². The van der Waals surface area contributed by atoms with Gasteiger partial charge in [0.15, 0.2) is 5.79 Å². The van der Waals surface area contributed by atoms with E-state index in [-0.39, 0.29) is 18.2 Å². The second-order valence-corrected chi connectivity index (χ2v) is 17.1. The minimum atomic E-state index is -0.822. The molecule has 2 heterocycles. The Hall–Kier alpha value is -5.84. The zero-order valence-electron chi connectivity index (χ0n) is 33.1. The summed E-state index contributed by atoms with van der Waals surface area (Å²) in [6, 6.07) is 72.0. The van der Waals surface area contributed by atoms with Crippen molar-refractivity contribution in [3.05, 3.63) is 228 Å². The first-order valence-corrected chi connectivity index (χ1v) is 20.8. The average molecular weight is 754 g/mol. The molecule has 1 unspecified atom stereocenters. The highest BCUT2D eigenvalue weighted by Crippen LogP contribution is 2.57. The van der Waals surface area contributed by atoms with E-state index in [4.69, 9.17) is 9.47 Å². The summed E-state index contributed by atoms with van der Waals surface area (Å²) >= 11 is 0. The third-order valence-electron chi connectivity index (χ3n) is 13.6. The molecule has 58 heavy (non-hydrogen) atoms. The van der Waals surface area contributed by atoms with Crippen molar-refractivity contribution >= 4 is 21.5 Å². The largest absolute Gasteiger partial charge is 0.343 e. The Morgan fingerprint density at radius 2 is 0.828 bits per heavy atom. The standard InChI is InChI=1S/C55H47NO2/c1-53(2)57-51-52(58-53)55(43-25-11-5-12-26-43,44-27-13-6-14-28-44)37-56(36-54(51,41-21-7-3-8-22-41)42-23-9-4-10-24-42)48-35-40-32-31-38-19-15-17-29-45(38)49(40)50-46-30-18-16-20-39(46)33-34-47(48)50/h3-34,48,51-52H,35-37H2,1-2H3/t48?,51-,52-/m1/s1. The fourth-order valence-electron chi connectivity index (χ4n) is 11.1. The molecule has 8 aromatic carbocycles. The molecule has 0 bridgehead atoms. The molecule has 2 fully saturated rings. The summed E-state index contributed by atoms with van der Waals surface area (Å²) in [6.07, 6.45) is 0.204. The molecule has 3 nitrogen and oxygen atoms in total. The van der Waals surface area contributed by atoms with E-state index in [0.717, 1.165) is 19.5 Å². The maximum atomic E-state index is 7.47. The summed E-state index contributed by atoms with van der Waals surface area (Å²) in [6.45, 7) is 5.65. The Bertz CT molecular complexity index is 2580. The van der Waals surface area contributed by atoms with Gasteiger partial charge in [-0.2, -0.15) is 0 Å². The Morgan fingerprint density at radius 3 is 1.29 bits per heavy atom. The molecular weight excluding hydrogens is 707 g/mol. The minimum absolute atomic E-state index is 0.0544. The summed E-state index contributed by atoms with van der Waals surface area (Å²) in [5.74, 6) is -0.822. The highest BCUT2D eigenvalue weighted by Gasteiger charge is 2.65. The van der Waals surface area contributed by atoms with Gasteiger partial charge in [0.05, 0.1) is 10.8 Å². The summed E-state index contributed by atoms with van der Waals surface area (Å²) < 4.78 is 14.9. The van der Waals surface area contributed by atoms with Gasteiger partial charge in [0.1, 0.15) is 12.2 Å². The van der Waals surface area contributed by atoms with E-state index in [2.05, 4.69) is 213 Å². The molecule has 8 aromatic rings. The molecule has 3 aliphatic rings. The van der Waals surface area contributed by atoms with Gasteiger partial charge >= 0.3 is 0 Å². The monoisotopic (exact) mass is 753 g/mol. The Balaban J connectivity index is 1.24. The van der Waals surface area contributed by atoms with Crippen molar-refractivity contribution in [2.24, 2.45) is 0 Å². The van der Waals surface area contributed by atoms with Crippen LogP contribution in [0.3, 0.4) is 0 Å². The molecule has 0 spiro atoms. The topological polar surface area (TPSA) is 21.7 Å². The van der Waals surface area contributed by atoms with Gasteiger partial charge < -0.3 is 9.47 Å². The zero-order chi connectivity index (χ0) is 38.9. The number of ether oxygens (including phenoxy) is 2. The predicted molar refractivity (Wildman–Crippen MR) is 236 cm³/mol. The van der Waals surface area contributed by atoms with Gasteiger partial charge in [-0.25, -0.2) is 0 Å². The van der Waals surface area contributed by atoms with Crippen molar-refractivity contribution in [1.29, 1.82) is 0 Å². The van der Waals surface area contributed by atoms with E-state index >= 15 is 0 Å². The van der Waals surface area contributed by atoms with Crippen molar-refractivity contribution in [3.8, 4) is 11.1 Å². The van der Waals surface area contributed by atoms with Crippen LogP contribution in [0, 0.1) is 0 Å². The molecule has 2 aliphatic heterocycles. The number of fused-ring (bicyclic) bond motifs is 8. The number of hydrogen-bond acceptors (Lipinski definition) is 3. The van der Waals surface area contributed by atoms with E-state index in [0.29, 0.717) is 0 Å². The lowest BCUT2D eigenvalue weighted by Crippen LogP contribution is -2.54. The Kier molecular flexibility index (Phi) is 8.31. The van der Waals surface area contributed by atoms with E-state index in [1.165, 1.54) is 66.1 Å². The third-order valence-corrected chi connectivity index (χ3v) is 13.6. The molecule has 0 aromatic heterocycles. The Labute approximate surface area is 341 Å². The molecular formula is C55H47NO2. The molecule has 3 atom stereocenters. The van der Waals surface area contributed by atoms with Crippen molar-refractivity contribution in [1.82, 2.24) is 4.90 Å². The van der Waals surface area contributed by atoms with Crippen molar-refractivity contribution in [3.63, 3.8) is 0 Å². The van der Waals surface area contributed by atoms with Gasteiger partial charge in [-0.1, -0.05) is 194 Å². The summed E-state index contributed by atoms with van der Waals surface area (Å²) in [5.41, 5.74) is 9.23. The lowest BCUT2D eigenvalue weighted by atomic mass is 9.62. The van der Waals surface area contributed by atoms with Crippen LogP contribution in [-0.2, 0) is 26.7 Å². The molecule has 1 aliphatic carbocycles. The van der Waals surface area contributed by atoms with Crippen LogP contribution in [0.2, 0.25) is 0 Å². The fraction of sp³-hybridized carbons (Fsp3) is 0.200. The summed E-state index contributed by atoms with van der Waals surface area (Å²) in [4.78, 5) is 2.84. The van der Waals surface area contributed by atoms with Gasteiger partial charge in [0.2, 0.25) is 0 Å². The molecule has 0 radical (unpaired) electrons. The van der Waals surface area contributed by atoms with E-state index in [9.17, 15) is 0 Å².